The van der Waals surface area contributed by atoms with Crippen LogP contribution in [0, 0.1) is 0 Å². The highest BCUT2D eigenvalue weighted by atomic mass is 16.6. The average molecular weight is 226 g/mol. The standard InChI is InChI=1S/C13H22O3/c1-4-5-6-7-12(16-11(3)14)8-9-13-10(2)15-13/h8-10,12-13H,4-7H2,1-3H3/b9-8+/t10?,12-,13?/m0/s1. The molecule has 0 spiro atoms. The monoisotopic (exact) mass is 226 g/mol. The van der Waals surface area contributed by atoms with Gasteiger partial charge in [-0.2, -0.15) is 0 Å². The molecule has 1 saturated heterocycles. The van der Waals surface area contributed by atoms with Gasteiger partial charge in [0.1, 0.15) is 12.2 Å². The highest BCUT2D eigenvalue weighted by molar-refractivity contribution is 5.66. The molecule has 0 aliphatic carbocycles. The summed E-state index contributed by atoms with van der Waals surface area (Å²) in [5.41, 5.74) is 0. The number of ether oxygens (including phenoxy) is 2. The lowest BCUT2D eigenvalue weighted by molar-refractivity contribution is -0.144. The molecule has 0 saturated carbocycles. The Labute approximate surface area is 97.8 Å². The van der Waals surface area contributed by atoms with Gasteiger partial charge in [0, 0.05) is 6.92 Å². The van der Waals surface area contributed by atoms with E-state index < -0.39 is 0 Å². The normalized spacial score (nSPS) is 25.7. The minimum Gasteiger partial charge on any atom is -0.458 e. The Kier molecular flexibility index (Phi) is 5.53. The Morgan fingerprint density at radius 3 is 2.69 bits per heavy atom. The molecule has 1 fully saturated rings. The summed E-state index contributed by atoms with van der Waals surface area (Å²) >= 11 is 0. The minimum atomic E-state index is -0.212. The molecule has 1 rings (SSSR count). The van der Waals surface area contributed by atoms with Crippen LogP contribution in [0.25, 0.3) is 0 Å². The zero-order chi connectivity index (χ0) is 12.0. The van der Waals surface area contributed by atoms with Crippen molar-refractivity contribution >= 4 is 5.97 Å². The lowest BCUT2D eigenvalue weighted by Gasteiger charge is -2.12. The molecule has 2 unspecified atom stereocenters. The Morgan fingerprint density at radius 1 is 1.50 bits per heavy atom. The lowest BCUT2D eigenvalue weighted by Crippen LogP contribution is -2.13. The van der Waals surface area contributed by atoms with Crippen LogP contribution >= 0.6 is 0 Å². The molecule has 3 nitrogen and oxygen atoms in total. The van der Waals surface area contributed by atoms with Crippen molar-refractivity contribution in [3.63, 3.8) is 0 Å². The van der Waals surface area contributed by atoms with E-state index in [0.29, 0.717) is 6.10 Å². The molecule has 16 heavy (non-hydrogen) atoms. The molecule has 1 aliphatic rings. The summed E-state index contributed by atoms with van der Waals surface area (Å²) in [6.07, 6.45) is 8.80. The molecule has 0 bridgehead atoms. The van der Waals surface area contributed by atoms with Crippen LogP contribution in [0.5, 0.6) is 0 Å². The van der Waals surface area contributed by atoms with Crippen molar-refractivity contribution in [3.05, 3.63) is 12.2 Å². The van der Waals surface area contributed by atoms with Crippen LogP contribution in [0.1, 0.15) is 46.5 Å². The number of carbonyl (C=O) groups is 1. The number of rotatable bonds is 7. The lowest BCUT2D eigenvalue weighted by atomic mass is 10.1. The second-order valence-electron chi connectivity index (χ2n) is 4.33. The van der Waals surface area contributed by atoms with E-state index in [1.54, 1.807) is 0 Å². The molecule has 0 radical (unpaired) electrons. The predicted molar refractivity (Wildman–Crippen MR) is 63.2 cm³/mol. The molecular formula is C13H22O3. The smallest absolute Gasteiger partial charge is 0.303 e. The van der Waals surface area contributed by atoms with Crippen molar-refractivity contribution in [2.24, 2.45) is 0 Å². The second kappa shape index (κ2) is 6.69. The van der Waals surface area contributed by atoms with Crippen molar-refractivity contribution < 1.29 is 14.3 Å². The number of hydrogen-bond donors (Lipinski definition) is 0. The predicted octanol–water partition coefficient (Wildman–Crippen LogP) is 2.84. The zero-order valence-corrected chi connectivity index (χ0v) is 10.4. The fourth-order valence-corrected chi connectivity index (χ4v) is 1.64. The number of hydrogen-bond acceptors (Lipinski definition) is 3. The molecular weight excluding hydrogens is 204 g/mol. The van der Waals surface area contributed by atoms with Crippen molar-refractivity contribution in [3.8, 4) is 0 Å². The fourth-order valence-electron chi connectivity index (χ4n) is 1.64. The third-order valence-electron chi connectivity index (χ3n) is 2.68. The van der Waals surface area contributed by atoms with Crippen molar-refractivity contribution in [2.45, 2.75) is 64.8 Å². The molecule has 0 N–H and O–H groups in total. The van der Waals surface area contributed by atoms with Crippen LogP contribution in [0.15, 0.2) is 12.2 Å². The van der Waals surface area contributed by atoms with Gasteiger partial charge in [0.05, 0.1) is 6.10 Å². The van der Waals surface area contributed by atoms with Gasteiger partial charge in [0.2, 0.25) is 0 Å². The summed E-state index contributed by atoms with van der Waals surface area (Å²) in [5, 5.41) is 0. The molecule has 0 aromatic heterocycles. The van der Waals surface area contributed by atoms with Gasteiger partial charge in [0.15, 0.2) is 0 Å². The Bertz CT molecular complexity index is 248. The highest BCUT2D eigenvalue weighted by Crippen LogP contribution is 2.22. The molecule has 0 aromatic carbocycles. The van der Waals surface area contributed by atoms with Crippen LogP contribution in [0.3, 0.4) is 0 Å². The van der Waals surface area contributed by atoms with Crippen molar-refractivity contribution in [1.29, 1.82) is 0 Å². The fraction of sp³-hybridized carbons (Fsp3) is 0.769. The van der Waals surface area contributed by atoms with Gasteiger partial charge in [-0.1, -0.05) is 25.8 Å². The maximum absolute atomic E-state index is 10.9. The first-order chi connectivity index (χ1) is 7.63. The number of esters is 1. The van der Waals surface area contributed by atoms with Crippen LogP contribution in [0.2, 0.25) is 0 Å². The number of unbranched alkanes of at least 4 members (excludes halogenated alkanes) is 2. The Hall–Kier alpha value is -0.830. The quantitative estimate of drug-likeness (QED) is 0.290. The molecule has 1 aliphatic heterocycles. The zero-order valence-electron chi connectivity index (χ0n) is 10.4. The van der Waals surface area contributed by atoms with E-state index in [4.69, 9.17) is 9.47 Å². The second-order valence-corrected chi connectivity index (χ2v) is 4.33. The summed E-state index contributed by atoms with van der Waals surface area (Å²) < 4.78 is 10.5. The van der Waals surface area contributed by atoms with Gasteiger partial charge in [0.25, 0.3) is 0 Å². The largest absolute Gasteiger partial charge is 0.458 e. The van der Waals surface area contributed by atoms with Crippen LogP contribution in [-0.2, 0) is 14.3 Å². The SMILES string of the molecule is CCCCC[C@@H](/C=C/C1OC1C)OC(C)=O. The first kappa shape index (κ1) is 13.2. The van der Waals surface area contributed by atoms with E-state index in [1.807, 2.05) is 19.1 Å². The van der Waals surface area contributed by atoms with Gasteiger partial charge in [-0.15, -0.1) is 0 Å². The Morgan fingerprint density at radius 2 is 2.19 bits per heavy atom. The summed E-state index contributed by atoms with van der Waals surface area (Å²) in [7, 11) is 0. The summed E-state index contributed by atoms with van der Waals surface area (Å²) in [5.74, 6) is -0.212. The Balaban J connectivity index is 2.30. The van der Waals surface area contributed by atoms with E-state index in [1.165, 1.54) is 19.8 Å². The molecule has 0 amide bonds. The molecule has 3 heteroatoms. The van der Waals surface area contributed by atoms with E-state index >= 15 is 0 Å². The van der Waals surface area contributed by atoms with Crippen LogP contribution in [0.4, 0.5) is 0 Å². The van der Waals surface area contributed by atoms with Gasteiger partial charge < -0.3 is 9.47 Å². The van der Waals surface area contributed by atoms with E-state index in [-0.39, 0.29) is 18.2 Å². The topological polar surface area (TPSA) is 38.8 Å². The maximum atomic E-state index is 10.9. The molecule has 0 aromatic rings. The van der Waals surface area contributed by atoms with Gasteiger partial charge in [-0.3, -0.25) is 4.79 Å². The average Bonchev–Trinajstić information content (AvgIpc) is 2.90. The van der Waals surface area contributed by atoms with Crippen molar-refractivity contribution in [2.75, 3.05) is 0 Å². The van der Waals surface area contributed by atoms with E-state index in [0.717, 1.165) is 12.8 Å². The van der Waals surface area contributed by atoms with Gasteiger partial charge in [-0.05, 0) is 25.8 Å². The van der Waals surface area contributed by atoms with Gasteiger partial charge in [-0.25, -0.2) is 0 Å². The third kappa shape index (κ3) is 5.31. The first-order valence-electron chi connectivity index (χ1n) is 6.14. The molecule has 3 atom stereocenters. The minimum absolute atomic E-state index is 0.0829. The van der Waals surface area contributed by atoms with Crippen molar-refractivity contribution in [1.82, 2.24) is 0 Å². The van der Waals surface area contributed by atoms with Crippen LogP contribution in [-0.4, -0.2) is 24.3 Å². The molecule has 1 heterocycles. The number of carbonyl (C=O) groups excluding carboxylic acids is 1. The molecule has 92 valence electrons. The van der Waals surface area contributed by atoms with Crippen LogP contribution < -0.4 is 0 Å². The summed E-state index contributed by atoms with van der Waals surface area (Å²) in [6, 6.07) is 0. The summed E-state index contributed by atoms with van der Waals surface area (Å²) in [4.78, 5) is 10.9. The number of epoxide rings is 1. The maximum Gasteiger partial charge on any atom is 0.303 e. The van der Waals surface area contributed by atoms with Gasteiger partial charge >= 0.3 is 5.97 Å². The third-order valence-corrected chi connectivity index (χ3v) is 2.68. The first-order valence-corrected chi connectivity index (χ1v) is 6.14. The van der Waals surface area contributed by atoms with E-state index in [2.05, 4.69) is 6.92 Å². The highest BCUT2D eigenvalue weighted by Gasteiger charge is 2.31. The summed E-state index contributed by atoms with van der Waals surface area (Å²) in [6.45, 7) is 5.65. The van der Waals surface area contributed by atoms with E-state index in [9.17, 15) is 4.79 Å².